The van der Waals surface area contributed by atoms with Crippen molar-refractivity contribution in [3.8, 4) is 10.8 Å². The average molecular weight is 363 g/mol. The lowest BCUT2D eigenvalue weighted by molar-refractivity contribution is 0.315. The number of hydrogen-bond donors (Lipinski definition) is 0. The van der Waals surface area contributed by atoms with E-state index in [1.165, 1.54) is 5.56 Å². The number of benzene rings is 1. The predicted molar refractivity (Wildman–Crippen MR) is 89.1 cm³/mol. The lowest BCUT2D eigenvalue weighted by Crippen LogP contribution is -2.17. The van der Waals surface area contributed by atoms with Gasteiger partial charge in [0.15, 0.2) is 0 Å². The van der Waals surface area contributed by atoms with Gasteiger partial charge in [0, 0.05) is 17.6 Å². The van der Waals surface area contributed by atoms with Gasteiger partial charge in [0.05, 0.1) is 10.6 Å². The minimum absolute atomic E-state index is 0.706. The fourth-order valence-electron chi connectivity index (χ4n) is 2.13. The van der Waals surface area contributed by atoms with Crippen LogP contribution in [0.25, 0.3) is 10.8 Å². The van der Waals surface area contributed by atoms with Crippen LogP contribution in [0.3, 0.4) is 0 Å². The van der Waals surface area contributed by atoms with E-state index in [9.17, 15) is 0 Å². The molecule has 0 bridgehead atoms. The Kier molecular flexibility index (Phi) is 4.53. The van der Waals surface area contributed by atoms with E-state index in [4.69, 9.17) is 4.42 Å². The summed E-state index contributed by atoms with van der Waals surface area (Å²) in [5.41, 5.74) is 2.24. The third-order valence-corrected chi connectivity index (χ3v) is 4.47. The lowest BCUT2D eigenvalue weighted by atomic mass is 10.2. The standard InChI is InChI=1S/C16H15BrN2OS/c1-19(9-12-4-6-13(17)7-5-12)10-14-11-20-16(18-14)15-3-2-8-21-15/h2-8,11H,9-10H2,1H3. The summed E-state index contributed by atoms with van der Waals surface area (Å²) in [6.45, 7) is 1.65. The predicted octanol–water partition coefficient (Wildman–Crippen LogP) is 4.80. The molecule has 21 heavy (non-hydrogen) atoms. The average Bonchev–Trinajstić information content (AvgIpc) is 3.12. The molecule has 2 heterocycles. The maximum absolute atomic E-state index is 5.54. The first kappa shape index (κ1) is 14.5. The van der Waals surface area contributed by atoms with Crippen molar-refractivity contribution in [2.24, 2.45) is 0 Å². The van der Waals surface area contributed by atoms with Crippen molar-refractivity contribution < 1.29 is 4.42 Å². The van der Waals surface area contributed by atoms with E-state index in [2.05, 4.69) is 57.1 Å². The van der Waals surface area contributed by atoms with Crippen molar-refractivity contribution in [2.75, 3.05) is 7.05 Å². The Hall–Kier alpha value is -1.43. The van der Waals surface area contributed by atoms with Gasteiger partial charge in [-0.1, -0.05) is 34.1 Å². The summed E-state index contributed by atoms with van der Waals surface area (Å²) in [5.74, 6) is 0.706. The largest absolute Gasteiger partial charge is 0.444 e. The van der Waals surface area contributed by atoms with Crippen LogP contribution in [0.1, 0.15) is 11.3 Å². The molecule has 0 N–H and O–H groups in total. The highest BCUT2D eigenvalue weighted by Crippen LogP contribution is 2.24. The van der Waals surface area contributed by atoms with Crippen LogP contribution in [0.5, 0.6) is 0 Å². The molecule has 0 unspecified atom stereocenters. The molecule has 0 aliphatic carbocycles. The molecule has 0 radical (unpaired) electrons. The van der Waals surface area contributed by atoms with Crippen molar-refractivity contribution in [3.05, 3.63) is 63.8 Å². The fraction of sp³-hybridized carbons (Fsp3) is 0.188. The molecule has 5 heteroatoms. The fourth-order valence-corrected chi connectivity index (χ4v) is 3.05. The van der Waals surface area contributed by atoms with Crippen LogP contribution >= 0.6 is 27.3 Å². The van der Waals surface area contributed by atoms with Crippen molar-refractivity contribution in [2.45, 2.75) is 13.1 Å². The molecule has 0 atom stereocenters. The maximum atomic E-state index is 5.54. The SMILES string of the molecule is CN(Cc1ccc(Br)cc1)Cc1coc(-c2cccs2)n1. The minimum Gasteiger partial charge on any atom is -0.444 e. The summed E-state index contributed by atoms with van der Waals surface area (Å²) in [6, 6.07) is 12.4. The Balaban J connectivity index is 1.62. The molecule has 108 valence electrons. The molecule has 1 aromatic carbocycles. The number of hydrogen-bond acceptors (Lipinski definition) is 4. The molecule has 0 spiro atoms. The monoisotopic (exact) mass is 362 g/mol. The smallest absolute Gasteiger partial charge is 0.236 e. The topological polar surface area (TPSA) is 29.3 Å². The zero-order valence-electron chi connectivity index (χ0n) is 11.6. The van der Waals surface area contributed by atoms with Gasteiger partial charge in [-0.15, -0.1) is 11.3 Å². The van der Waals surface area contributed by atoms with Crippen LogP contribution in [-0.4, -0.2) is 16.9 Å². The molecule has 0 saturated heterocycles. The van der Waals surface area contributed by atoms with Gasteiger partial charge >= 0.3 is 0 Å². The highest BCUT2D eigenvalue weighted by atomic mass is 79.9. The number of oxazole rings is 1. The molecule has 2 aromatic heterocycles. The highest BCUT2D eigenvalue weighted by Gasteiger charge is 2.09. The number of halogens is 1. The highest BCUT2D eigenvalue weighted by molar-refractivity contribution is 9.10. The third kappa shape index (κ3) is 3.81. The lowest BCUT2D eigenvalue weighted by Gasteiger charge is -2.14. The van der Waals surface area contributed by atoms with E-state index >= 15 is 0 Å². The van der Waals surface area contributed by atoms with E-state index in [-0.39, 0.29) is 0 Å². The van der Waals surface area contributed by atoms with Crippen molar-refractivity contribution in [1.82, 2.24) is 9.88 Å². The number of rotatable bonds is 5. The third-order valence-electron chi connectivity index (χ3n) is 3.08. The Labute approximate surface area is 136 Å². The molecular formula is C16H15BrN2OS. The Morgan fingerprint density at radius 2 is 2.00 bits per heavy atom. The first-order chi connectivity index (χ1) is 10.2. The van der Waals surface area contributed by atoms with Gasteiger partial charge in [-0.05, 0) is 36.2 Å². The molecule has 3 nitrogen and oxygen atoms in total. The molecule has 3 rings (SSSR count). The van der Waals surface area contributed by atoms with E-state index in [0.29, 0.717) is 5.89 Å². The zero-order valence-corrected chi connectivity index (χ0v) is 14.0. The summed E-state index contributed by atoms with van der Waals surface area (Å²) in [6.07, 6.45) is 1.74. The van der Waals surface area contributed by atoms with E-state index in [1.807, 2.05) is 17.5 Å². The first-order valence-corrected chi connectivity index (χ1v) is 8.29. The summed E-state index contributed by atoms with van der Waals surface area (Å²) in [7, 11) is 2.08. The first-order valence-electron chi connectivity index (χ1n) is 6.62. The summed E-state index contributed by atoms with van der Waals surface area (Å²) in [4.78, 5) is 7.83. The van der Waals surface area contributed by atoms with Gasteiger partial charge in [0.2, 0.25) is 5.89 Å². The quantitative estimate of drug-likeness (QED) is 0.652. The van der Waals surface area contributed by atoms with Gasteiger partial charge in [-0.3, -0.25) is 4.90 Å². The summed E-state index contributed by atoms with van der Waals surface area (Å²) in [5, 5.41) is 2.03. The molecule has 3 aromatic rings. The van der Waals surface area contributed by atoms with E-state index in [0.717, 1.165) is 28.1 Å². The van der Waals surface area contributed by atoms with Crippen LogP contribution in [0.4, 0.5) is 0 Å². The van der Waals surface area contributed by atoms with Crippen LogP contribution in [0, 0.1) is 0 Å². The second-order valence-corrected chi connectivity index (χ2v) is 6.78. The molecule has 0 fully saturated rings. The van der Waals surface area contributed by atoms with Crippen molar-refractivity contribution >= 4 is 27.3 Å². The molecule has 0 saturated carbocycles. The van der Waals surface area contributed by atoms with Gasteiger partial charge in [0.25, 0.3) is 0 Å². The maximum Gasteiger partial charge on any atom is 0.236 e. The van der Waals surface area contributed by atoms with E-state index < -0.39 is 0 Å². The van der Waals surface area contributed by atoms with Gasteiger partial charge in [-0.25, -0.2) is 4.98 Å². The zero-order chi connectivity index (χ0) is 14.7. The summed E-state index contributed by atoms with van der Waals surface area (Å²) < 4.78 is 6.65. The molecule has 0 aliphatic rings. The van der Waals surface area contributed by atoms with Crippen LogP contribution in [-0.2, 0) is 13.1 Å². The van der Waals surface area contributed by atoms with Crippen molar-refractivity contribution in [1.29, 1.82) is 0 Å². The number of aromatic nitrogens is 1. The minimum atomic E-state index is 0.706. The Bertz CT molecular complexity index is 691. The van der Waals surface area contributed by atoms with E-state index in [1.54, 1.807) is 17.6 Å². The number of thiophene rings is 1. The summed E-state index contributed by atoms with van der Waals surface area (Å²) >= 11 is 5.09. The van der Waals surface area contributed by atoms with Gasteiger partial charge in [-0.2, -0.15) is 0 Å². The van der Waals surface area contributed by atoms with Gasteiger partial charge < -0.3 is 4.42 Å². The Morgan fingerprint density at radius 3 is 2.71 bits per heavy atom. The van der Waals surface area contributed by atoms with Crippen LogP contribution in [0.15, 0.2) is 56.9 Å². The Morgan fingerprint density at radius 1 is 1.19 bits per heavy atom. The van der Waals surface area contributed by atoms with Gasteiger partial charge in [0.1, 0.15) is 6.26 Å². The van der Waals surface area contributed by atoms with Crippen molar-refractivity contribution in [3.63, 3.8) is 0 Å². The van der Waals surface area contributed by atoms with Crippen LogP contribution < -0.4 is 0 Å². The van der Waals surface area contributed by atoms with Crippen LogP contribution in [0.2, 0.25) is 0 Å². The second-order valence-electron chi connectivity index (χ2n) is 4.92. The number of nitrogens with zero attached hydrogens (tertiary/aromatic N) is 2. The molecular weight excluding hydrogens is 348 g/mol. The normalized spacial score (nSPS) is 11.2. The molecule has 0 aliphatic heterocycles. The molecule has 0 amide bonds. The second kappa shape index (κ2) is 6.56.